The Kier molecular flexibility index (Phi) is 3.97. The molecule has 0 unspecified atom stereocenters. The zero-order valence-corrected chi connectivity index (χ0v) is 10.8. The fourth-order valence-corrected chi connectivity index (χ4v) is 1.94. The summed E-state index contributed by atoms with van der Waals surface area (Å²) in [4.78, 5) is 0. The third-order valence-electron chi connectivity index (χ3n) is 3.06. The second-order valence-corrected chi connectivity index (χ2v) is 4.42. The van der Waals surface area contributed by atoms with Crippen molar-refractivity contribution in [2.45, 2.75) is 19.6 Å². The minimum atomic E-state index is -4.39. The Bertz CT molecular complexity index is 605. The molecule has 5 heteroatoms. The number of anilines is 1. The molecule has 0 heterocycles. The lowest BCUT2D eigenvalue weighted by Gasteiger charge is -2.15. The van der Waals surface area contributed by atoms with E-state index in [-0.39, 0.29) is 17.9 Å². The van der Waals surface area contributed by atoms with Crippen LogP contribution in [0.5, 0.6) is 0 Å². The Labute approximate surface area is 114 Å². The summed E-state index contributed by atoms with van der Waals surface area (Å²) in [6, 6.07) is 9.80. The average molecular weight is 283 g/mol. The Hall–Kier alpha value is -2.04. The first-order valence-corrected chi connectivity index (χ1v) is 6.03. The maximum atomic E-state index is 13.4. The van der Waals surface area contributed by atoms with Gasteiger partial charge in [-0.15, -0.1) is 0 Å². The molecule has 0 fully saturated rings. The topological polar surface area (TPSA) is 12.0 Å². The average Bonchev–Trinajstić information content (AvgIpc) is 2.40. The zero-order chi connectivity index (χ0) is 14.8. The maximum Gasteiger partial charge on any atom is 0.416 e. The first-order chi connectivity index (χ1) is 9.39. The van der Waals surface area contributed by atoms with Crippen LogP contribution >= 0.6 is 0 Å². The Morgan fingerprint density at radius 3 is 2.40 bits per heavy atom. The largest absolute Gasteiger partial charge is 0.416 e. The Balaban J connectivity index is 2.22. The van der Waals surface area contributed by atoms with Crippen LogP contribution in [-0.4, -0.2) is 0 Å². The van der Waals surface area contributed by atoms with Crippen molar-refractivity contribution in [2.24, 2.45) is 0 Å². The number of halogens is 4. The van der Waals surface area contributed by atoms with Crippen molar-refractivity contribution in [3.8, 4) is 0 Å². The number of hydrogen-bond donors (Lipinski definition) is 1. The minimum Gasteiger partial charge on any atom is -0.381 e. The zero-order valence-electron chi connectivity index (χ0n) is 10.8. The lowest BCUT2D eigenvalue weighted by molar-refractivity contribution is -0.138. The van der Waals surface area contributed by atoms with Crippen LogP contribution in [-0.2, 0) is 12.7 Å². The van der Waals surface area contributed by atoms with E-state index in [2.05, 4.69) is 5.32 Å². The van der Waals surface area contributed by atoms with Crippen molar-refractivity contribution in [2.75, 3.05) is 5.32 Å². The Morgan fingerprint density at radius 2 is 1.70 bits per heavy atom. The van der Waals surface area contributed by atoms with E-state index in [1.54, 1.807) is 19.1 Å². The van der Waals surface area contributed by atoms with Gasteiger partial charge in [-0.05, 0) is 30.7 Å². The molecule has 20 heavy (non-hydrogen) atoms. The Morgan fingerprint density at radius 1 is 1.00 bits per heavy atom. The number of nitrogens with one attached hydrogen (secondary N) is 1. The van der Waals surface area contributed by atoms with Crippen LogP contribution in [0.2, 0.25) is 0 Å². The second-order valence-electron chi connectivity index (χ2n) is 4.42. The van der Waals surface area contributed by atoms with E-state index in [0.29, 0.717) is 11.3 Å². The van der Waals surface area contributed by atoms with Gasteiger partial charge in [0.1, 0.15) is 5.82 Å². The molecule has 0 aliphatic carbocycles. The molecule has 106 valence electrons. The highest BCUT2D eigenvalue weighted by Crippen LogP contribution is 2.32. The molecule has 0 aromatic heterocycles. The van der Waals surface area contributed by atoms with Crippen LogP contribution in [0.25, 0.3) is 0 Å². The molecule has 0 saturated carbocycles. The molecule has 2 aromatic rings. The van der Waals surface area contributed by atoms with Gasteiger partial charge in [-0.2, -0.15) is 13.2 Å². The SMILES string of the molecule is Cc1c(F)cccc1NCc1ccccc1C(F)(F)F. The number of rotatable bonds is 3. The summed E-state index contributed by atoms with van der Waals surface area (Å²) in [5.74, 6) is -0.390. The number of hydrogen-bond acceptors (Lipinski definition) is 1. The predicted octanol–water partition coefficient (Wildman–Crippen LogP) is 4.77. The van der Waals surface area contributed by atoms with E-state index in [4.69, 9.17) is 0 Å². The first kappa shape index (κ1) is 14.4. The lowest BCUT2D eigenvalue weighted by Crippen LogP contribution is -2.12. The second kappa shape index (κ2) is 5.53. The van der Waals surface area contributed by atoms with Crippen molar-refractivity contribution in [1.29, 1.82) is 0 Å². The smallest absolute Gasteiger partial charge is 0.381 e. The van der Waals surface area contributed by atoms with Crippen LogP contribution in [0.4, 0.5) is 23.2 Å². The van der Waals surface area contributed by atoms with Crippen LogP contribution in [0.1, 0.15) is 16.7 Å². The summed E-state index contributed by atoms with van der Waals surface area (Å²) in [5, 5.41) is 2.84. The van der Waals surface area contributed by atoms with Crippen LogP contribution in [0.15, 0.2) is 42.5 Å². The maximum absolute atomic E-state index is 13.4. The van der Waals surface area contributed by atoms with Gasteiger partial charge in [-0.1, -0.05) is 24.3 Å². The number of benzene rings is 2. The van der Waals surface area contributed by atoms with Crippen LogP contribution < -0.4 is 5.32 Å². The molecule has 2 rings (SSSR count). The molecular formula is C15H13F4N. The summed E-state index contributed by atoms with van der Waals surface area (Å²) in [6.45, 7) is 1.56. The van der Waals surface area contributed by atoms with E-state index < -0.39 is 11.7 Å². The monoisotopic (exact) mass is 283 g/mol. The fourth-order valence-electron chi connectivity index (χ4n) is 1.94. The third-order valence-corrected chi connectivity index (χ3v) is 3.06. The molecule has 0 spiro atoms. The van der Waals surface area contributed by atoms with Gasteiger partial charge in [0.25, 0.3) is 0 Å². The van der Waals surface area contributed by atoms with Crippen LogP contribution in [0, 0.1) is 12.7 Å². The molecule has 0 amide bonds. The van der Waals surface area contributed by atoms with Crippen molar-refractivity contribution in [3.05, 3.63) is 65.0 Å². The molecule has 2 aromatic carbocycles. The van der Waals surface area contributed by atoms with Crippen LogP contribution in [0.3, 0.4) is 0 Å². The van der Waals surface area contributed by atoms with Gasteiger partial charge < -0.3 is 5.32 Å². The molecule has 0 aliphatic rings. The molecule has 0 atom stereocenters. The third kappa shape index (κ3) is 3.10. The van der Waals surface area contributed by atoms with Gasteiger partial charge in [0.05, 0.1) is 5.56 Å². The van der Waals surface area contributed by atoms with E-state index in [1.807, 2.05) is 0 Å². The van der Waals surface area contributed by atoms with Gasteiger partial charge >= 0.3 is 6.18 Å². The summed E-state index contributed by atoms with van der Waals surface area (Å²) in [6.07, 6.45) is -4.39. The van der Waals surface area contributed by atoms with Gasteiger partial charge in [-0.25, -0.2) is 4.39 Å². The highest BCUT2D eigenvalue weighted by atomic mass is 19.4. The molecule has 0 radical (unpaired) electrons. The van der Waals surface area contributed by atoms with Gasteiger partial charge in [0, 0.05) is 17.8 Å². The summed E-state index contributed by atoms with van der Waals surface area (Å²) in [7, 11) is 0. The molecule has 1 nitrogen and oxygen atoms in total. The van der Waals surface area contributed by atoms with Gasteiger partial charge in [-0.3, -0.25) is 0 Å². The molecule has 0 saturated heterocycles. The van der Waals surface area contributed by atoms with Crippen molar-refractivity contribution < 1.29 is 17.6 Å². The normalized spacial score (nSPS) is 11.4. The van der Waals surface area contributed by atoms with E-state index in [1.165, 1.54) is 24.3 Å². The standard InChI is InChI=1S/C15H13F4N/c1-10-13(16)7-4-8-14(10)20-9-11-5-2-3-6-12(11)15(17,18)19/h2-8,20H,9H2,1H3. The first-order valence-electron chi connectivity index (χ1n) is 6.03. The summed E-state index contributed by atoms with van der Waals surface area (Å²) < 4.78 is 51.8. The highest BCUT2D eigenvalue weighted by molar-refractivity contribution is 5.51. The van der Waals surface area contributed by atoms with Gasteiger partial charge in [0.2, 0.25) is 0 Å². The van der Waals surface area contributed by atoms with E-state index in [9.17, 15) is 17.6 Å². The van der Waals surface area contributed by atoms with Crippen molar-refractivity contribution in [3.63, 3.8) is 0 Å². The van der Waals surface area contributed by atoms with Gasteiger partial charge in [0.15, 0.2) is 0 Å². The van der Waals surface area contributed by atoms with E-state index in [0.717, 1.165) is 6.07 Å². The quantitative estimate of drug-likeness (QED) is 0.800. The number of alkyl halides is 3. The summed E-state index contributed by atoms with van der Waals surface area (Å²) >= 11 is 0. The molecule has 0 bridgehead atoms. The van der Waals surface area contributed by atoms with E-state index >= 15 is 0 Å². The molecule has 1 N–H and O–H groups in total. The van der Waals surface area contributed by atoms with Crippen molar-refractivity contribution in [1.82, 2.24) is 0 Å². The lowest BCUT2D eigenvalue weighted by atomic mass is 10.1. The molecular weight excluding hydrogens is 270 g/mol. The predicted molar refractivity (Wildman–Crippen MR) is 69.9 cm³/mol. The highest BCUT2D eigenvalue weighted by Gasteiger charge is 2.32. The minimum absolute atomic E-state index is 0.0139. The van der Waals surface area contributed by atoms with Crippen molar-refractivity contribution >= 4 is 5.69 Å². The fraction of sp³-hybridized carbons (Fsp3) is 0.200. The summed E-state index contributed by atoms with van der Waals surface area (Å²) in [5.41, 5.74) is 0.323. The molecule has 0 aliphatic heterocycles.